The Labute approximate surface area is 334 Å². The fourth-order valence-corrected chi connectivity index (χ4v) is 8.63. The molecule has 0 aliphatic rings. The highest BCUT2D eigenvalue weighted by atomic mass is 16.4. The maximum Gasteiger partial charge on any atom is 0.205 e. The number of aromatic hydroxyl groups is 13. The molecule has 296 valence electrons. The highest BCUT2D eigenvalue weighted by molar-refractivity contribution is 6.32. The van der Waals surface area contributed by atoms with E-state index in [1.165, 1.54) is 0 Å². The SMILES string of the molecule is Oc1c(O)c(-c2cccc3ccccc23)c(O)c(-c2c3ccccc3c(-c3c(O)c(O)c(O)c4oc5c6c(O)c(O)c(O)c(O)c6c(O)c(O)c5c34)c3ccccc23)c1O. The molecule has 0 bridgehead atoms. The van der Waals surface area contributed by atoms with Crippen molar-refractivity contribution in [3.63, 3.8) is 0 Å². The minimum Gasteiger partial charge on any atom is -0.506 e. The summed E-state index contributed by atoms with van der Waals surface area (Å²) in [4.78, 5) is 0. The fourth-order valence-electron chi connectivity index (χ4n) is 8.63. The molecule has 1 aromatic heterocycles. The molecule has 14 heteroatoms. The Hall–Kier alpha value is -8.78. The molecule has 1 heterocycles. The number of hydrogen-bond acceptors (Lipinski definition) is 14. The Bertz CT molecular complexity index is 3520. The van der Waals surface area contributed by atoms with Crippen molar-refractivity contribution in [1.29, 1.82) is 0 Å². The van der Waals surface area contributed by atoms with Gasteiger partial charge in [0.05, 0.1) is 27.3 Å². The molecule has 0 unspecified atom stereocenters. The van der Waals surface area contributed by atoms with Gasteiger partial charge in [0.2, 0.25) is 28.7 Å². The summed E-state index contributed by atoms with van der Waals surface area (Å²) in [5.41, 5.74) is -1.36. The third-order valence-corrected chi connectivity index (χ3v) is 11.3. The van der Waals surface area contributed by atoms with E-state index in [0.29, 0.717) is 10.9 Å². The summed E-state index contributed by atoms with van der Waals surface area (Å²) in [5.74, 6) is -13.1. The summed E-state index contributed by atoms with van der Waals surface area (Å²) in [7, 11) is 0. The molecule has 0 aliphatic heterocycles. The molecule has 0 amide bonds. The molecular formula is C46H28O14. The van der Waals surface area contributed by atoms with Gasteiger partial charge < -0.3 is 70.8 Å². The van der Waals surface area contributed by atoms with Gasteiger partial charge in [-0.25, -0.2) is 0 Å². The largest absolute Gasteiger partial charge is 0.506 e. The van der Waals surface area contributed by atoms with Crippen LogP contribution in [0.1, 0.15) is 0 Å². The molecule has 0 saturated carbocycles. The third-order valence-electron chi connectivity index (χ3n) is 11.3. The Balaban J connectivity index is 1.40. The lowest BCUT2D eigenvalue weighted by Crippen LogP contribution is -1.94. The van der Waals surface area contributed by atoms with E-state index in [2.05, 4.69) is 0 Å². The van der Waals surface area contributed by atoms with Crippen LogP contribution in [0.5, 0.6) is 74.7 Å². The van der Waals surface area contributed by atoms with E-state index in [4.69, 9.17) is 4.42 Å². The molecule has 0 aliphatic carbocycles. The number of rotatable bonds is 3. The van der Waals surface area contributed by atoms with E-state index in [1.54, 1.807) is 72.8 Å². The highest BCUT2D eigenvalue weighted by Crippen LogP contribution is 2.63. The standard InChI is InChI=1S/C46H28O14/c47-32-25(18-15-7-9-16-8-1-2-10-17(16)18)33(48)40(55)36(51)28(32)24-21-13-5-3-11-19(21)23(20-12-4-6-14-22(20)24)26-27-30-38(53)35(50)29-31(39(54)42(57)41(56)37(29)52)45(30)60-46(27)44(59)43(58)34(26)49/h1-15,47-59H. The van der Waals surface area contributed by atoms with Crippen molar-refractivity contribution in [2.24, 2.45) is 0 Å². The maximum atomic E-state index is 12.2. The second kappa shape index (κ2) is 12.1. The average Bonchev–Trinajstić information content (AvgIpc) is 3.65. The Morgan fingerprint density at radius 2 is 0.650 bits per heavy atom. The number of benzene rings is 9. The van der Waals surface area contributed by atoms with Crippen LogP contribution >= 0.6 is 0 Å². The minimum atomic E-state index is -1.23. The normalized spacial score (nSPS) is 11.9. The summed E-state index contributed by atoms with van der Waals surface area (Å²) in [6.45, 7) is 0. The number of phenols is 13. The average molecular weight is 805 g/mol. The number of phenolic OH excluding ortho intramolecular Hbond substituents is 13. The zero-order valence-electron chi connectivity index (χ0n) is 30.4. The monoisotopic (exact) mass is 804 g/mol. The second-order valence-corrected chi connectivity index (χ2v) is 14.3. The molecule has 0 saturated heterocycles. The van der Waals surface area contributed by atoms with Crippen molar-refractivity contribution >= 4 is 65.0 Å². The predicted molar refractivity (Wildman–Crippen MR) is 222 cm³/mol. The van der Waals surface area contributed by atoms with Crippen molar-refractivity contribution < 1.29 is 70.8 Å². The molecule has 14 nitrogen and oxygen atoms in total. The van der Waals surface area contributed by atoms with E-state index in [-0.39, 0.29) is 54.7 Å². The quantitative estimate of drug-likeness (QED) is 0.0450. The van der Waals surface area contributed by atoms with Crippen LogP contribution in [-0.2, 0) is 0 Å². The van der Waals surface area contributed by atoms with E-state index in [0.717, 1.165) is 5.39 Å². The Morgan fingerprint density at radius 1 is 0.250 bits per heavy atom. The first-order chi connectivity index (χ1) is 28.8. The van der Waals surface area contributed by atoms with Crippen LogP contribution in [0.4, 0.5) is 0 Å². The van der Waals surface area contributed by atoms with E-state index in [1.807, 2.05) is 18.2 Å². The van der Waals surface area contributed by atoms with Crippen LogP contribution < -0.4 is 0 Å². The third kappa shape index (κ3) is 4.35. The predicted octanol–water partition coefficient (Wildman–Crippen LogP) is 9.37. The molecule has 0 radical (unpaired) electrons. The lowest BCUT2D eigenvalue weighted by Gasteiger charge is -2.22. The lowest BCUT2D eigenvalue weighted by atomic mass is 9.82. The van der Waals surface area contributed by atoms with Crippen LogP contribution in [-0.4, -0.2) is 66.4 Å². The minimum absolute atomic E-state index is 0.0984. The molecule has 10 aromatic rings. The van der Waals surface area contributed by atoms with Crippen molar-refractivity contribution in [1.82, 2.24) is 0 Å². The molecule has 9 aromatic carbocycles. The zero-order chi connectivity index (χ0) is 42.2. The fraction of sp³-hybridized carbons (Fsp3) is 0. The molecule has 13 N–H and O–H groups in total. The summed E-state index contributed by atoms with van der Waals surface area (Å²) in [6.07, 6.45) is 0. The van der Waals surface area contributed by atoms with Crippen LogP contribution in [0.25, 0.3) is 98.4 Å². The Morgan fingerprint density at radius 3 is 1.25 bits per heavy atom. The van der Waals surface area contributed by atoms with Crippen LogP contribution in [0, 0.1) is 0 Å². The topological polar surface area (TPSA) is 276 Å². The Kier molecular flexibility index (Phi) is 7.19. The first-order valence-electron chi connectivity index (χ1n) is 18.0. The summed E-state index contributed by atoms with van der Waals surface area (Å²) in [5, 5.41) is 146. The summed E-state index contributed by atoms with van der Waals surface area (Å²) >= 11 is 0. The van der Waals surface area contributed by atoms with Gasteiger partial charge in [0.25, 0.3) is 0 Å². The van der Waals surface area contributed by atoms with Gasteiger partial charge in [-0.05, 0) is 37.9 Å². The number of hydrogen-bond donors (Lipinski definition) is 13. The van der Waals surface area contributed by atoms with Gasteiger partial charge in [0.1, 0.15) is 5.75 Å². The smallest absolute Gasteiger partial charge is 0.205 e. The molecule has 0 fully saturated rings. The first kappa shape index (κ1) is 35.6. The van der Waals surface area contributed by atoms with E-state index < -0.39 is 102 Å². The van der Waals surface area contributed by atoms with Gasteiger partial charge in [0.15, 0.2) is 51.4 Å². The molecule has 10 rings (SSSR count). The number of furan rings is 1. The molecule has 60 heavy (non-hydrogen) atoms. The van der Waals surface area contributed by atoms with Crippen LogP contribution in [0.2, 0.25) is 0 Å². The molecule has 0 atom stereocenters. The van der Waals surface area contributed by atoms with Crippen molar-refractivity contribution in [3.05, 3.63) is 91.0 Å². The summed E-state index contributed by atoms with van der Waals surface area (Å²) in [6, 6.07) is 25.3. The van der Waals surface area contributed by atoms with Gasteiger partial charge in [0, 0.05) is 22.1 Å². The zero-order valence-corrected chi connectivity index (χ0v) is 30.4. The van der Waals surface area contributed by atoms with Gasteiger partial charge >= 0.3 is 0 Å². The van der Waals surface area contributed by atoms with Crippen molar-refractivity contribution in [2.75, 3.05) is 0 Å². The van der Waals surface area contributed by atoms with E-state index >= 15 is 0 Å². The van der Waals surface area contributed by atoms with Crippen LogP contribution in [0.3, 0.4) is 0 Å². The van der Waals surface area contributed by atoms with E-state index in [9.17, 15) is 66.4 Å². The highest BCUT2D eigenvalue weighted by Gasteiger charge is 2.35. The van der Waals surface area contributed by atoms with Gasteiger partial charge in [-0.3, -0.25) is 0 Å². The lowest BCUT2D eigenvalue weighted by molar-refractivity contribution is 0.349. The first-order valence-corrected chi connectivity index (χ1v) is 18.0. The molecule has 0 spiro atoms. The van der Waals surface area contributed by atoms with Gasteiger partial charge in [-0.2, -0.15) is 0 Å². The maximum absolute atomic E-state index is 12.2. The van der Waals surface area contributed by atoms with Crippen LogP contribution in [0.15, 0.2) is 95.4 Å². The van der Waals surface area contributed by atoms with Gasteiger partial charge in [-0.1, -0.05) is 91.0 Å². The van der Waals surface area contributed by atoms with Crippen molar-refractivity contribution in [2.45, 2.75) is 0 Å². The molecular weight excluding hydrogens is 776 g/mol. The summed E-state index contributed by atoms with van der Waals surface area (Å²) < 4.78 is 5.95. The number of fused-ring (bicyclic) bond motifs is 8. The second-order valence-electron chi connectivity index (χ2n) is 14.3. The van der Waals surface area contributed by atoms with Gasteiger partial charge in [-0.15, -0.1) is 0 Å². The van der Waals surface area contributed by atoms with Crippen molar-refractivity contribution in [3.8, 4) is 108 Å².